The van der Waals surface area contributed by atoms with Crippen LogP contribution in [0, 0.1) is 0 Å². The molecule has 0 saturated heterocycles. The minimum atomic E-state index is -0.139. The molecule has 1 aromatic heterocycles. The van der Waals surface area contributed by atoms with Gasteiger partial charge in [-0.05, 0) is 25.1 Å². The Kier molecular flexibility index (Phi) is 5.51. The number of hydrogen-bond acceptors (Lipinski definition) is 3. The lowest BCUT2D eigenvalue weighted by atomic mass is 10.0. The molecule has 0 aliphatic rings. The van der Waals surface area contributed by atoms with Crippen molar-refractivity contribution in [3.8, 4) is 5.75 Å². The van der Waals surface area contributed by atoms with Gasteiger partial charge < -0.3 is 10.1 Å². The molecule has 2 rings (SSSR count). The van der Waals surface area contributed by atoms with Crippen LogP contribution in [0.3, 0.4) is 0 Å². The van der Waals surface area contributed by atoms with Crippen LogP contribution in [0.4, 0.5) is 0 Å². The molecule has 0 spiro atoms. The summed E-state index contributed by atoms with van der Waals surface area (Å²) >= 11 is 12.5. The number of ether oxygens (including phenoxy) is 1. The van der Waals surface area contributed by atoms with Crippen LogP contribution >= 0.6 is 23.2 Å². The first-order chi connectivity index (χ1) is 10.1. The van der Waals surface area contributed by atoms with Gasteiger partial charge in [0, 0.05) is 6.54 Å². The summed E-state index contributed by atoms with van der Waals surface area (Å²) in [5.41, 5.74) is 1.86. The van der Waals surface area contributed by atoms with E-state index in [1.807, 2.05) is 23.9 Å². The molecule has 0 aliphatic carbocycles. The van der Waals surface area contributed by atoms with Gasteiger partial charge in [-0.3, -0.25) is 4.68 Å². The molecule has 0 radical (unpaired) electrons. The van der Waals surface area contributed by atoms with Crippen molar-refractivity contribution in [3.63, 3.8) is 0 Å². The fraction of sp³-hybridized carbons (Fsp3) is 0.400. The number of hydrogen-bond donors (Lipinski definition) is 1. The lowest BCUT2D eigenvalue weighted by Crippen LogP contribution is -2.22. The molecule has 21 heavy (non-hydrogen) atoms. The molecule has 1 unspecified atom stereocenters. The molecule has 0 fully saturated rings. The lowest BCUT2D eigenvalue weighted by molar-refractivity contribution is 0.400. The summed E-state index contributed by atoms with van der Waals surface area (Å²) < 4.78 is 7.39. The van der Waals surface area contributed by atoms with E-state index < -0.39 is 0 Å². The van der Waals surface area contributed by atoms with E-state index in [-0.39, 0.29) is 6.04 Å². The molecule has 114 valence electrons. The Balaban J connectivity index is 2.55. The molecule has 1 N–H and O–H groups in total. The van der Waals surface area contributed by atoms with Gasteiger partial charge in [-0.15, -0.1) is 0 Å². The van der Waals surface area contributed by atoms with Crippen LogP contribution in [0.25, 0.3) is 0 Å². The third-order valence-electron chi connectivity index (χ3n) is 3.35. The van der Waals surface area contributed by atoms with Crippen LogP contribution in [0.1, 0.15) is 30.6 Å². The monoisotopic (exact) mass is 327 g/mol. The van der Waals surface area contributed by atoms with Crippen LogP contribution < -0.4 is 10.1 Å². The standard InChI is InChI=1S/C15H19Cl2N3O/c1-4-8-20-15(12(21-3)9-19-20)14(18-2)10-6-5-7-11(16)13(10)17/h5-7,9,14,18H,4,8H2,1-3H3. The van der Waals surface area contributed by atoms with Gasteiger partial charge in [0.1, 0.15) is 5.69 Å². The van der Waals surface area contributed by atoms with Crippen molar-refractivity contribution >= 4 is 23.2 Å². The Hall–Kier alpha value is -1.23. The summed E-state index contributed by atoms with van der Waals surface area (Å²) in [6.45, 7) is 2.92. The fourth-order valence-electron chi connectivity index (χ4n) is 2.40. The quantitative estimate of drug-likeness (QED) is 0.874. The van der Waals surface area contributed by atoms with E-state index in [2.05, 4.69) is 17.3 Å². The van der Waals surface area contributed by atoms with Crippen molar-refractivity contribution in [3.05, 3.63) is 45.7 Å². The second-order valence-corrected chi connectivity index (χ2v) is 5.47. The third kappa shape index (κ3) is 3.18. The normalized spacial score (nSPS) is 12.4. The SMILES string of the molecule is CCCn1ncc(OC)c1C(NC)c1cccc(Cl)c1Cl. The van der Waals surface area contributed by atoms with Gasteiger partial charge in [-0.25, -0.2) is 0 Å². The van der Waals surface area contributed by atoms with Crippen molar-refractivity contribution in [2.24, 2.45) is 0 Å². The molecule has 0 bridgehead atoms. The summed E-state index contributed by atoms with van der Waals surface area (Å²) in [6.07, 6.45) is 2.71. The Morgan fingerprint density at radius 2 is 2.14 bits per heavy atom. The first-order valence-electron chi connectivity index (χ1n) is 6.84. The van der Waals surface area contributed by atoms with Gasteiger partial charge in [0.2, 0.25) is 0 Å². The van der Waals surface area contributed by atoms with Gasteiger partial charge in [-0.1, -0.05) is 42.3 Å². The van der Waals surface area contributed by atoms with E-state index in [1.165, 1.54) is 0 Å². The Morgan fingerprint density at radius 1 is 1.38 bits per heavy atom. The van der Waals surface area contributed by atoms with Crippen LogP contribution in [-0.2, 0) is 6.54 Å². The largest absolute Gasteiger partial charge is 0.493 e. The first kappa shape index (κ1) is 16.1. The molecule has 0 saturated carbocycles. The van der Waals surface area contributed by atoms with E-state index in [0.29, 0.717) is 10.0 Å². The number of rotatable bonds is 6. The molecular weight excluding hydrogens is 309 g/mol. The first-order valence-corrected chi connectivity index (χ1v) is 7.60. The molecule has 6 heteroatoms. The van der Waals surface area contributed by atoms with Gasteiger partial charge in [0.15, 0.2) is 5.75 Å². The maximum Gasteiger partial charge on any atom is 0.161 e. The third-order valence-corrected chi connectivity index (χ3v) is 4.19. The summed E-state index contributed by atoms with van der Waals surface area (Å²) in [5, 5.41) is 8.76. The van der Waals surface area contributed by atoms with Crippen molar-refractivity contribution in [1.82, 2.24) is 15.1 Å². The second-order valence-electron chi connectivity index (χ2n) is 4.69. The molecule has 2 aromatic rings. The second kappa shape index (κ2) is 7.16. The summed E-state index contributed by atoms with van der Waals surface area (Å²) in [4.78, 5) is 0. The number of aromatic nitrogens is 2. The maximum absolute atomic E-state index is 6.37. The topological polar surface area (TPSA) is 39.1 Å². The smallest absolute Gasteiger partial charge is 0.161 e. The number of nitrogens with zero attached hydrogens (tertiary/aromatic N) is 2. The van der Waals surface area contributed by atoms with Crippen molar-refractivity contribution < 1.29 is 4.74 Å². The Labute approximate surface area is 135 Å². The van der Waals surface area contributed by atoms with Gasteiger partial charge in [0.25, 0.3) is 0 Å². The summed E-state index contributed by atoms with van der Waals surface area (Å²) in [5.74, 6) is 0.735. The van der Waals surface area contributed by atoms with Crippen molar-refractivity contribution in [2.75, 3.05) is 14.2 Å². The number of nitrogens with one attached hydrogen (secondary N) is 1. The van der Waals surface area contributed by atoms with Gasteiger partial charge >= 0.3 is 0 Å². The molecule has 1 heterocycles. The number of methoxy groups -OCH3 is 1. The zero-order chi connectivity index (χ0) is 15.4. The molecule has 0 aliphatic heterocycles. The minimum Gasteiger partial charge on any atom is -0.493 e. The van der Waals surface area contributed by atoms with Crippen LogP contribution in [0.15, 0.2) is 24.4 Å². The summed E-state index contributed by atoms with van der Waals surface area (Å²) in [6, 6.07) is 5.49. The number of benzene rings is 1. The zero-order valence-electron chi connectivity index (χ0n) is 12.4. The highest BCUT2D eigenvalue weighted by Gasteiger charge is 2.24. The Morgan fingerprint density at radius 3 is 2.76 bits per heavy atom. The van der Waals surface area contributed by atoms with E-state index in [0.717, 1.165) is 30.0 Å². The highest BCUT2D eigenvalue weighted by Crippen LogP contribution is 2.36. The molecule has 1 aromatic carbocycles. The predicted octanol–water partition coefficient (Wildman–Crippen LogP) is 3.92. The maximum atomic E-state index is 6.37. The van der Waals surface area contributed by atoms with Crippen LogP contribution in [0.2, 0.25) is 10.0 Å². The highest BCUT2D eigenvalue weighted by atomic mass is 35.5. The molecule has 4 nitrogen and oxygen atoms in total. The van der Waals surface area contributed by atoms with E-state index in [1.54, 1.807) is 19.4 Å². The van der Waals surface area contributed by atoms with E-state index in [4.69, 9.17) is 27.9 Å². The zero-order valence-corrected chi connectivity index (χ0v) is 13.9. The summed E-state index contributed by atoms with van der Waals surface area (Å²) in [7, 11) is 3.52. The average molecular weight is 328 g/mol. The van der Waals surface area contributed by atoms with E-state index >= 15 is 0 Å². The minimum absolute atomic E-state index is 0.139. The van der Waals surface area contributed by atoms with Crippen LogP contribution in [-0.4, -0.2) is 23.9 Å². The fourth-order valence-corrected chi connectivity index (χ4v) is 2.82. The van der Waals surface area contributed by atoms with E-state index in [9.17, 15) is 0 Å². The number of halogens is 2. The average Bonchev–Trinajstić information content (AvgIpc) is 2.88. The molecular formula is C15H19Cl2N3O. The highest BCUT2D eigenvalue weighted by molar-refractivity contribution is 6.42. The van der Waals surface area contributed by atoms with Crippen molar-refractivity contribution in [1.29, 1.82) is 0 Å². The number of aryl methyl sites for hydroxylation is 1. The van der Waals surface area contributed by atoms with Gasteiger partial charge in [-0.2, -0.15) is 5.10 Å². The predicted molar refractivity (Wildman–Crippen MR) is 86.4 cm³/mol. The molecule has 0 amide bonds. The van der Waals surface area contributed by atoms with Gasteiger partial charge in [0.05, 0.1) is 29.4 Å². The molecule has 1 atom stereocenters. The van der Waals surface area contributed by atoms with Crippen molar-refractivity contribution in [2.45, 2.75) is 25.9 Å². The Bertz CT molecular complexity index is 613. The lowest BCUT2D eigenvalue weighted by Gasteiger charge is -2.21. The van der Waals surface area contributed by atoms with Crippen LogP contribution in [0.5, 0.6) is 5.75 Å².